The maximum absolute atomic E-state index is 13.2. The van der Waals surface area contributed by atoms with E-state index in [1.807, 2.05) is 30.3 Å². The zero-order valence-corrected chi connectivity index (χ0v) is 21.8. The number of carbonyl (C=O) groups excluding carboxylic acids is 1. The number of ether oxygens (including phenoxy) is 3. The number of halogens is 1. The quantitative estimate of drug-likeness (QED) is 0.238. The lowest BCUT2D eigenvalue weighted by molar-refractivity contribution is 0.121. The van der Waals surface area contributed by atoms with Crippen LogP contribution in [0.3, 0.4) is 0 Å². The highest BCUT2D eigenvalue weighted by molar-refractivity contribution is 5.95. The normalized spacial score (nSPS) is 11.8. The molecule has 1 amide bonds. The van der Waals surface area contributed by atoms with Crippen LogP contribution in [0.1, 0.15) is 44.0 Å². The van der Waals surface area contributed by atoms with E-state index in [0.29, 0.717) is 35.8 Å². The molecule has 0 bridgehead atoms. The van der Waals surface area contributed by atoms with Gasteiger partial charge in [-0.15, -0.1) is 0 Å². The molecule has 1 unspecified atom stereocenters. The maximum Gasteiger partial charge on any atom is 0.412 e. The van der Waals surface area contributed by atoms with Gasteiger partial charge in [-0.2, -0.15) is 5.26 Å². The molecule has 0 aliphatic carbocycles. The molecule has 1 aromatic heterocycles. The monoisotopic (exact) mass is 515 g/mol. The summed E-state index contributed by atoms with van der Waals surface area (Å²) in [6, 6.07) is 21.2. The van der Waals surface area contributed by atoms with Gasteiger partial charge in [0.25, 0.3) is 0 Å². The lowest BCUT2D eigenvalue weighted by Crippen LogP contribution is -2.16. The summed E-state index contributed by atoms with van der Waals surface area (Å²) in [6.07, 6.45) is -1.16. The van der Waals surface area contributed by atoms with Gasteiger partial charge in [0, 0.05) is 30.3 Å². The number of methoxy groups -OCH3 is 1. The number of rotatable bonds is 9. The molecule has 0 saturated heterocycles. The SMILES string of the molecule is COCCOc1ccc2c(C#N)c(-c3ccc(NC(=O)OC(C)c4ccc(F)cc4)cc3)n(C(C)C)c2c1. The summed E-state index contributed by atoms with van der Waals surface area (Å²) in [5, 5.41) is 13.6. The Hall–Kier alpha value is -4.35. The number of amides is 1. The number of hydrogen-bond donors (Lipinski definition) is 1. The van der Waals surface area contributed by atoms with Crippen LogP contribution in [0.25, 0.3) is 22.2 Å². The van der Waals surface area contributed by atoms with E-state index in [1.165, 1.54) is 12.1 Å². The third kappa shape index (κ3) is 5.79. The highest BCUT2D eigenvalue weighted by Gasteiger charge is 2.21. The number of carbonyl (C=O) groups is 1. The van der Waals surface area contributed by atoms with Gasteiger partial charge in [0.2, 0.25) is 0 Å². The summed E-state index contributed by atoms with van der Waals surface area (Å²) in [4.78, 5) is 12.4. The van der Waals surface area contributed by atoms with Crippen LogP contribution in [0, 0.1) is 17.1 Å². The Morgan fingerprint density at radius 2 is 1.74 bits per heavy atom. The molecule has 1 N–H and O–H groups in total. The van der Waals surface area contributed by atoms with E-state index >= 15 is 0 Å². The number of fused-ring (bicyclic) bond motifs is 1. The Kier molecular flexibility index (Phi) is 8.29. The molecule has 38 heavy (non-hydrogen) atoms. The third-order valence-corrected chi connectivity index (χ3v) is 6.19. The standard InChI is InChI=1S/C30H30FN3O4/c1-19(2)34-28-17-25(37-16-15-36-4)13-14-26(28)27(18-32)29(34)22-7-11-24(12-8-22)33-30(35)38-20(3)21-5-9-23(31)10-6-21/h5-14,17,19-20H,15-16H2,1-4H3,(H,33,35). The van der Waals surface area contributed by atoms with Crippen molar-refractivity contribution in [3.63, 3.8) is 0 Å². The van der Waals surface area contributed by atoms with Gasteiger partial charge in [-0.3, -0.25) is 5.32 Å². The van der Waals surface area contributed by atoms with Crippen molar-refractivity contribution in [3.05, 3.63) is 83.7 Å². The Balaban J connectivity index is 1.58. The summed E-state index contributed by atoms with van der Waals surface area (Å²) < 4.78 is 31.6. The van der Waals surface area contributed by atoms with Crippen LogP contribution in [0.5, 0.6) is 5.75 Å². The van der Waals surface area contributed by atoms with E-state index in [0.717, 1.165) is 22.2 Å². The number of nitriles is 1. The second-order valence-electron chi connectivity index (χ2n) is 9.12. The molecule has 4 aromatic rings. The number of aromatic nitrogens is 1. The Labute approximate surface area is 221 Å². The number of benzene rings is 3. The predicted molar refractivity (Wildman–Crippen MR) is 145 cm³/mol. The maximum atomic E-state index is 13.2. The van der Waals surface area contributed by atoms with Crippen molar-refractivity contribution in [1.29, 1.82) is 5.26 Å². The average molecular weight is 516 g/mol. The molecular weight excluding hydrogens is 485 g/mol. The van der Waals surface area contributed by atoms with E-state index in [2.05, 4.69) is 29.8 Å². The summed E-state index contributed by atoms with van der Waals surface area (Å²) in [6.45, 7) is 6.77. The molecule has 0 spiro atoms. The summed E-state index contributed by atoms with van der Waals surface area (Å²) in [5.41, 5.74) is 4.35. The van der Waals surface area contributed by atoms with Crippen LogP contribution in [0.4, 0.5) is 14.9 Å². The number of nitrogens with zero attached hydrogens (tertiary/aromatic N) is 2. The van der Waals surface area contributed by atoms with E-state index in [1.54, 1.807) is 38.3 Å². The molecule has 7 nitrogen and oxygen atoms in total. The van der Waals surface area contributed by atoms with Crippen LogP contribution in [-0.4, -0.2) is 31.0 Å². The molecule has 0 aliphatic heterocycles. The van der Waals surface area contributed by atoms with E-state index < -0.39 is 12.2 Å². The van der Waals surface area contributed by atoms with Gasteiger partial charge < -0.3 is 18.8 Å². The number of nitrogens with one attached hydrogen (secondary N) is 1. The molecule has 4 rings (SSSR count). The van der Waals surface area contributed by atoms with Crippen molar-refractivity contribution in [3.8, 4) is 23.1 Å². The highest BCUT2D eigenvalue weighted by Crippen LogP contribution is 2.38. The molecule has 1 atom stereocenters. The van der Waals surface area contributed by atoms with E-state index in [4.69, 9.17) is 14.2 Å². The van der Waals surface area contributed by atoms with Gasteiger partial charge in [0.05, 0.1) is 23.4 Å². The molecule has 196 valence electrons. The summed E-state index contributed by atoms with van der Waals surface area (Å²) in [5.74, 6) is 0.357. The first-order valence-corrected chi connectivity index (χ1v) is 12.4. The lowest BCUT2D eigenvalue weighted by Gasteiger charge is -2.16. The van der Waals surface area contributed by atoms with Crippen molar-refractivity contribution in [1.82, 2.24) is 4.57 Å². The van der Waals surface area contributed by atoms with Crippen molar-refractivity contribution >= 4 is 22.7 Å². The average Bonchev–Trinajstić information content (AvgIpc) is 3.23. The molecule has 1 heterocycles. The lowest BCUT2D eigenvalue weighted by atomic mass is 10.1. The second kappa shape index (κ2) is 11.8. The van der Waals surface area contributed by atoms with E-state index in [9.17, 15) is 14.4 Å². The van der Waals surface area contributed by atoms with Gasteiger partial charge >= 0.3 is 6.09 Å². The molecule has 0 fully saturated rings. The highest BCUT2D eigenvalue weighted by atomic mass is 19.1. The van der Waals surface area contributed by atoms with Crippen LogP contribution in [0.2, 0.25) is 0 Å². The zero-order valence-electron chi connectivity index (χ0n) is 21.8. The van der Waals surface area contributed by atoms with Gasteiger partial charge in [-0.05, 0) is 68.3 Å². The zero-order chi connectivity index (χ0) is 27.2. The van der Waals surface area contributed by atoms with Crippen LogP contribution in [0.15, 0.2) is 66.7 Å². The molecule has 3 aromatic carbocycles. The number of anilines is 1. The first-order valence-electron chi connectivity index (χ1n) is 12.4. The third-order valence-electron chi connectivity index (χ3n) is 6.19. The van der Waals surface area contributed by atoms with Crippen molar-refractivity contribution < 1.29 is 23.4 Å². The topological polar surface area (TPSA) is 85.5 Å². The molecule has 0 saturated carbocycles. The van der Waals surface area contributed by atoms with Crippen molar-refractivity contribution in [2.75, 3.05) is 25.6 Å². The van der Waals surface area contributed by atoms with Gasteiger partial charge in [0.1, 0.15) is 30.3 Å². The predicted octanol–water partition coefficient (Wildman–Crippen LogP) is 7.23. The minimum Gasteiger partial charge on any atom is -0.491 e. The van der Waals surface area contributed by atoms with Gasteiger partial charge in [-0.1, -0.05) is 24.3 Å². The van der Waals surface area contributed by atoms with Gasteiger partial charge in [0.15, 0.2) is 0 Å². The second-order valence-corrected chi connectivity index (χ2v) is 9.12. The van der Waals surface area contributed by atoms with Crippen LogP contribution < -0.4 is 10.1 Å². The first-order chi connectivity index (χ1) is 18.3. The number of hydrogen-bond acceptors (Lipinski definition) is 5. The van der Waals surface area contributed by atoms with Crippen LogP contribution in [-0.2, 0) is 9.47 Å². The summed E-state index contributed by atoms with van der Waals surface area (Å²) in [7, 11) is 1.63. The minimum atomic E-state index is -0.621. The summed E-state index contributed by atoms with van der Waals surface area (Å²) >= 11 is 0. The van der Waals surface area contributed by atoms with Crippen molar-refractivity contribution in [2.45, 2.75) is 32.9 Å². The van der Waals surface area contributed by atoms with Gasteiger partial charge in [-0.25, -0.2) is 9.18 Å². The smallest absolute Gasteiger partial charge is 0.412 e. The Morgan fingerprint density at radius 3 is 2.37 bits per heavy atom. The first kappa shape index (κ1) is 26.7. The molecule has 0 radical (unpaired) electrons. The fourth-order valence-electron chi connectivity index (χ4n) is 4.38. The van der Waals surface area contributed by atoms with Crippen LogP contribution >= 0.6 is 0 Å². The molecular formula is C30H30FN3O4. The fourth-order valence-corrected chi connectivity index (χ4v) is 4.38. The van der Waals surface area contributed by atoms with Crippen molar-refractivity contribution in [2.24, 2.45) is 0 Å². The fraction of sp³-hybridized carbons (Fsp3) is 0.267. The Morgan fingerprint density at radius 1 is 1.03 bits per heavy atom. The molecule has 0 aliphatic rings. The molecule has 8 heteroatoms. The largest absolute Gasteiger partial charge is 0.491 e. The van der Waals surface area contributed by atoms with E-state index in [-0.39, 0.29) is 11.9 Å². The minimum absolute atomic E-state index is 0.0737. The Bertz CT molecular complexity index is 1450.